The molecule has 1 aliphatic heterocycles. The molecule has 8 heteroatoms. The van der Waals surface area contributed by atoms with Crippen molar-refractivity contribution in [3.8, 4) is 0 Å². The molecule has 0 atom stereocenters. The molecule has 170 valence electrons. The van der Waals surface area contributed by atoms with Gasteiger partial charge in [-0.2, -0.15) is 0 Å². The molecule has 0 bridgehead atoms. The highest BCUT2D eigenvalue weighted by atomic mass is 19.1. The van der Waals surface area contributed by atoms with Crippen molar-refractivity contribution in [2.75, 3.05) is 23.3 Å². The van der Waals surface area contributed by atoms with Crippen LogP contribution in [0.3, 0.4) is 0 Å². The van der Waals surface area contributed by atoms with Crippen molar-refractivity contribution in [1.29, 1.82) is 0 Å². The summed E-state index contributed by atoms with van der Waals surface area (Å²) in [6, 6.07) is 9.72. The fraction of sp³-hybridized carbons (Fsp3) is 0.417. The van der Waals surface area contributed by atoms with E-state index in [0.29, 0.717) is 24.3 Å². The van der Waals surface area contributed by atoms with Gasteiger partial charge in [-0.05, 0) is 62.9 Å². The van der Waals surface area contributed by atoms with Gasteiger partial charge in [0.25, 0.3) is 0 Å². The number of anilines is 2. The smallest absolute Gasteiger partial charge is 0.329 e. The number of nitrogens with one attached hydrogen (secondary N) is 2. The van der Waals surface area contributed by atoms with Gasteiger partial charge in [0.2, 0.25) is 0 Å². The Morgan fingerprint density at radius 1 is 1.00 bits per heavy atom. The van der Waals surface area contributed by atoms with Crippen LogP contribution in [0, 0.1) is 5.82 Å². The molecular formula is C24H30FN5O2. The summed E-state index contributed by atoms with van der Waals surface area (Å²) in [6.45, 7) is 7.09. The number of carbonyl (C=O) groups excluding carboxylic acids is 1. The average molecular weight is 440 g/mol. The van der Waals surface area contributed by atoms with Gasteiger partial charge in [-0.1, -0.05) is 12.1 Å². The predicted octanol–water partition coefficient (Wildman–Crippen LogP) is 4.29. The first-order valence-corrected chi connectivity index (χ1v) is 11.3. The first-order valence-electron chi connectivity index (χ1n) is 11.3. The topological polar surface area (TPSA) is 71.3 Å². The molecule has 0 unspecified atom stereocenters. The Hall–Kier alpha value is -3.29. The van der Waals surface area contributed by atoms with E-state index >= 15 is 0 Å². The zero-order chi connectivity index (χ0) is 22.7. The number of hydrogen-bond donors (Lipinski definition) is 2. The van der Waals surface area contributed by atoms with Crippen molar-refractivity contribution < 1.29 is 9.18 Å². The second-order valence-corrected chi connectivity index (χ2v) is 8.11. The molecule has 2 aromatic carbocycles. The largest absolute Gasteiger partial charge is 0.370 e. The second kappa shape index (κ2) is 9.46. The number of imidazole rings is 1. The summed E-state index contributed by atoms with van der Waals surface area (Å²) >= 11 is 0. The molecule has 0 aliphatic carbocycles. The van der Waals surface area contributed by atoms with Crippen LogP contribution in [0.4, 0.5) is 20.6 Å². The zero-order valence-electron chi connectivity index (χ0n) is 18.7. The highest BCUT2D eigenvalue weighted by Crippen LogP contribution is 2.33. The minimum Gasteiger partial charge on any atom is -0.370 e. The number of carbonyl (C=O) groups is 1. The quantitative estimate of drug-likeness (QED) is 0.602. The lowest BCUT2D eigenvalue weighted by atomic mass is 10.1. The third kappa shape index (κ3) is 4.35. The van der Waals surface area contributed by atoms with Gasteiger partial charge in [0, 0.05) is 32.7 Å². The maximum absolute atomic E-state index is 13.4. The molecule has 2 heterocycles. The third-order valence-electron chi connectivity index (χ3n) is 6.06. The van der Waals surface area contributed by atoms with Crippen LogP contribution in [0.5, 0.6) is 0 Å². The summed E-state index contributed by atoms with van der Waals surface area (Å²) in [5.74, 6) is -0.333. The predicted molar refractivity (Wildman–Crippen MR) is 126 cm³/mol. The summed E-state index contributed by atoms with van der Waals surface area (Å²) in [4.78, 5) is 27.8. The van der Waals surface area contributed by atoms with E-state index in [9.17, 15) is 14.0 Å². The molecule has 1 fully saturated rings. The van der Waals surface area contributed by atoms with E-state index in [0.717, 1.165) is 42.7 Å². The molecule has 0 saturated carbocycles. The first-order chi connectivity index (χ1) is 15.5. The number of amides is 2. The number of aromatic nitrogens is 2. The Morgan fingerprint density at radius 2 is 1.69 bits per heavy atom. The van der Waals surface area contributed by atoms with Crippen molar-refractivity contribution in [3.05, 3.63) is 58.3 Å². The van der Waals surface area contributed by atoms with Crippen molar-refractivity contribution >= 4 is 28.4 Å². The average Bonchev–Trinajstić information content (AvgIpc) is 3.07. The van der Waals surface area contributed by atoms with Crippen LogP contribution in [0.1, 0.15) is 38.7 Å². The number of hydrogen-bond acceptors (Lipinski definition) is 3. The van der Waals surface area contributed by atoms with Gasteiger partial charge in [-0.15, -0.1) is 0 Å². The molecule has 4 rings (SSSR count). The van der Waals surface area contributed by atoms with E-state index in [1.165, 1.54) is 18.6 Å². The summed E-state index contributed by atoms with van der Waals surface area (Å²) in [5.41, 5.74) is 3.93. The molecule has 1 aromatic heterocycles. The molecule has 0 spiro atoms. The number of piperidine rings is 1. The van der Waals surface area contributed by atoms with Gasteiger partial charge < -0.3 is 15.5 Å². The number of rotatable bonds is 6. The molecule has 2 N–H and O–H groups in total. The van der Waals surface area contributed by atoms with E-state index in [-0.39, 0.29) is 24.1 Å². The molecular weight excluding hydrogens is 409 g/mol. The summed E-state index contributed by atoms with van der Waals surface area (Å²) in [6.07, 6.45) is 3.39. The van der Waals surface area contributed by atoms with Crippen LogP contribution in [0.2, 0.25) is 0 Å². The summed E-state index contributed by atoms with van der Waals surface area (Å²) in [7, 11) is 0. The van der Waals surface area contributed by atoms with Crippen LogP contribution in [-0.4, -0.2) is 28.3 Å². The Bertz CT molecular complexity index is 1180. The lowest BCUT2D eigenvalue weighted by molar-refractivity contribution is 0.251. The van der Waals surface area contributed by atoms with E-state index in [2.05, 4.69) is 15.5 Å². The molecule has 2 amide bonds. The van der Waals surface area contributed by atoms with Gasteiger partial charge in [0.05, 0.1) is 22.4 Å². The number of aryl methyl sites for hydroxylation is 2. The van der Waals surface area contributed by atoms with Gasteiger partial charge in [0.15, 0.2) is 0 Å². The van der Waals surface area contributed by atoms with Gasteiger partial charge in [-0.3, -0.25) is 9.13 Å². The van der Waals surface area contributed by atoms with E-state index in [1.807, 2.05) is 26.0 Å². The molecule has 7 nitrogen and oxygen atoms in total. The van der Waals surface area contributed by atoms with Crippen LogP contribution in [-0.2, 0) is 19.6 Å². The van der Waals surface area contributed by atoms with Crippen LogP contribution in [0.15, 0.2) is 41.2 Å². The molecule has 1 aliphatic rings. The fourth-order valence-electron chi connectivity index (χ4n) is 4.45. The highest BCUT2D eigenvalue weighted by molar-refractivity contribution is 5.98. The van der Waals surface area contributed by atoms with Crippen molar-refractivity contribution in [3.63, 3.8) is 0 Å². The zero-order valence-corrected chi connectivity index (χ0v) is 18.7. The van der Waals surface area contributed by atoms with Gasteiger partial charge in [-0.25, -0.2) is 14.0 Å². The number of benzene rings is 2. The Labute approximate surface area is 186 Å². The van der Waals surface area contributed by atoms with Crippen LogP contribution in [0.25, 0.3) is 11.0 Å². The lowest BCUT2D eigenvalue weighted by Crippen LogP contribution is -2.32. The fourth-order valence-corrected chi connectivity index (χ4v) is 4.45. The van der Waals surface area contributed by atoms with Crippen LogP contribution >= 0.6 is 0 Å². The maximum atomic E-state index is 13.4. The van der Waals surface area contributed by atoms with E-state index in [4.69, 9.17) is 0 Å². The summed E-state index contributed by atoms with van der Waals surface area (Å²) < 4.78 is 16.9. The van der Waals surface area contributed by atoms with Crippen molar-refractivity contribution in [1.82, 2.24) is 14.5 Å². The van der Waals surface area contributed by atoms with Crippen molar-refractivity contribution in [2.24, 2.45) is 0 Å². The number of halogens is 1. The number of urea groups is 1. The Morgan fingerprint density at radius 3 is 2.34 bits per heavy atom. The number of nitrogens with zero attached hydrogens (tertiary/aromatic N) is 3. The monoisotopic (exact) mass is 439 g/mol. The van der Waals surface area contributed by atoms with E-state index in [1.54, 1.807) is 21.3 Å². The number of fused-ring (bicyclic) bond motifs is 1. The summed E-state index contributed by atoms with van der Waals surface area (Å²) in [5, 5.41) is 5.77. The van der Waals surface area contributed by atoms with Crippen LogP contribution < -0.4 is 21.2 Å². The third-order valence-corrected chi connectivity index (χ3v) is 6.06. The Kier molecular flexibility index (Phi) is 6.48. The molecule has 1 saturated heterocycles. The minimum absolute atomic E-state index is 0.0395. The maximum Gasteiger partial charge on any atom is 0.329 e. The minimum atomic E-state index is -0.368. The lowest BCUT2D eigenvalue weighted by Gasteiger charge is -2.30. The first kappa shape index (κ1) is 21.9. The standard InChI is InChI=1S/C24H30FN5O2/c1-3-29-21-14-19(27-23(31)26-16-17-9-8-10-18(25)13-17)20(28-11-6-5-7-12-28)15-22(21)30(4-2)24(29)32/h8-10,13-15H,3-7,11-12,16H2,1-2H3,(H2,26,27,31). The molecule has 0 radical (unpaired) electrons. The SMILES string of the molecule is CCn1c(=O)n(CC)c2cc(N3CCCCC3)c(NC(=O)NCc3cccc(F)c3)cc21. The Balaban J connectivity index is 1.67. The molecule has 32 heavy (non-hydrogen) atoms. The highest BCUT2D eigenvalue weighted by Gasteiger charge is 2.20. The van der Waals surface area contributed by atoms with E-state index < -0.39 is 0 Å². The van der Waals surface area contributed by atoms with Gasteiger partial charge in [0.1, 0.15) is 5.82 Å². The second-order valence-electron chi connectivity index (χ2n) is 8.11. The molecule has 3 aromatic rings. The van der Waals surface area contributed by atoms with Crippen molar-refractivity contribution in [2.45, 2.75) is 52.7 Å². The normalized spacial score (nSPS) is 14.0. The van der Waals surface area contributed by atoms with Gasteiger partial charge >= 0.3 is 11.7 Å².